The SMILES string of the molecule is c1ccc(-c2nc(-n3c4c5oc6ccccc6c5cc5ccc6cc7c8ccccc8sc7c3c6c54)nc3ccc4ccccc4c23)cc1. The molecule has 0 amide bonds. The molecule has 49 heavy (non-hydrogen) atoms. The molecular weight excluding hydrogens is 619 g/mol. The first-order valence-electron chi connectivity index (χ1n) is 16.5. The van der Waals surface area contributed by atoms with Gasteiger partial charge < -0.3 is 4.42 Å². The lowest BCUT2D eigenvalue weighted by Gasteiger charge is -2.14. The molecule has 0 aliphatic rings. The molecule has 12 aromatic rings. The minimum absolute atomic E-state index is 0.637. The van der Waals surface area contributed by atoms with E-state index in [9.17, 15) is 0 Å². The number of nitrogens with zero attached hydrogens (tertiary/aromatic N) is 3. The molecule has 0 fully saturated rings. The third-order valence-electron chi connectivity index (χ3n) is 10.3. The Morgan fingerprint density at radius 1 is 0.510 bits per heavy atom. The van der Waals surface area contributed by atoms with Gasteiger partial charge in [0, 0.05) is 48.0 Å². The molecule has 0 saturated carbocycles. The summed E-state index contributed by atoms with van der Waals surface area (Å²) in [6, 6.07) is 49.6. The molecule has 5 heteroatoms. The van der Waals surface area contributed by atoms with Crippen molar-refractivity contribution in [3.63, 3.8) is 0 Å². The van der Waals surface area contributed by atoms with Gasteiger partial charge in [-0.1, -0.05) is 109 Å². The molecule has 8 aromatic carbocycles. The number of fused-ring (bicyclic) bond motifs is 11. The summed E-state index contributed by atoms with van der Waals surface area (Å²) in [5.74, 6) is 0.637. The lowest BCUT2D eigenvalue weighted by atomic mass is 9.98. The van der Waals surface area contributed by atoms with Crippen LogP contribution in [-0.4, -0.2) is 14.5 Å². The highest BCUT2D eigenvalue weighted by Crippen LogP contribution is 2.49. The molecule has 4 aromatic heterocycles. The number of benzene rings is 8. The minimum atomic E-state index is 0.637. The first-order valence-corrected chi connectivity index (χ1v) is 17.3. The van der Waals surface area contributed by atoms with E-state index in [0.717, 1.165) is 60.5 Å². The van der Waals surface area contributed by atoms with E-state index in [-0.39, 0.29) is 0 Å². The van der Waals surface area contributed by atoms with Crippen LogP contribution in [-0.2, 0) is 0 Å². The molecule has 12 rings (SSSR count). The second kappa shape index (κ2) is 9.19. The molecule has 0 saturated heterocycles. The Morgan fingerprint density at radius 2 is 1.20 bits per heavy atom. The van der Waals surface area contributed by atoms with E-state index in [2.05, 4.69) is 138 Å². The number of thiophene rings is 1. The Kier molecular flexibility index (Phi) is 4.83. The predicted octanol–water partition coefficient (Wildman–Crippen LogP) is 12.4. The molecular formula is C44H23N3OS. The van der Waals surface area contributed by atoms with Gasteiger partial charge in [-0.05, 0) is 51.9 Å². The third-order valence-corrected chi connectivity index (χ3v) is 11.5. The van der Waals surface area contributed by atoms with E-state index < -0.39 is 0 Å². The third kappa shape index (κ3) is 3.32. The van der Waals surface area contributed by atoms with Crippen molar-refractivity contribution < 1.29 is 4.42 Å². The maximum atomic E-state index is 6.81. The highest BCUT2D eigenvalue weighted by molar-refractivity contribution is 7.26. The van der Waals surface area contributed by atoms with E-state index in [1.54, 1.807) is 0 Å². The van der Waals surface area contributed by atoms with Crippen LogP contribution in [0.3, 0.4) is 0 Å². The van der Waals surface area contributed by atoms with E-state index in [1.807, 2.05) is 17.4 Å². The molecule has 0 aliphatic heterocycles. The summed E-state index contributed by atoms with van der Waals surface area (Å²) in [4.78, 5) is 11.0. The van der Waals surface area contributed by atoms with Gasteiger partial charge in [0.1, 0.15) is 11.1 Å². The van der Waals surface area contributed by atoms with E-state index >= 15 is 0 Å². The summed E-state index contributed by atoms with van der Waals surface area (Å²) in [5, 5.41) is 12.9. The second-order valence-corrected chi connectivity index (χ2v) is 14.0. The van der Waals surface area contributed by atoms with Crippen LogP contribution >= 0.6 is 11.3 Å². The Bertz CT molecular complexity index is 3190. The molecule has 0 bridgehead atoms. The Labute approximate surface area is 282 Å². The van der Waals surface area contributed by atoms with Gasteiger partial charge in [0.25, 0.3) is 0 Å². The lowest BCUT2D eigenvalue weighted by Crippen LogP contribution is -2.04. The van der Waals surface area contributed by atoms with Crippen molar-refractivity contribution in [2.45, 2.75) is 0 Å². The van der Waals surface area contributed by atoms with Crippen molar-refractivity contribution in [3.8, 4) is 17.2 Å². The molecule has 226 valence electrons. The van der Waals surface area contributed by atoms with Gasteiger partial charge in [-0.15, -0.1) is 11.3 Å². The number of rotatable bonds is 2. The van der Waals surface area contributed by atoms with Crippen molar-refractivity contribution in [2.75, 3.05) is 0 Å². The zero-order chi connectivity index (χ0) is 31.8. The van der Waals surface area contributed by atoms with Crippen LogP contribution in [0.2, 0.25) is 0 Å². The molecule has 0 atom stereocenters. The largest absolute Gasteiger partial charge is 0.454 e. The van der Waals surface area contributed by atoms with Gasteiger partial charge in [0.05, 0.1) is 21.4 Å². The summed E-state index contributed by atoms with van der Waals surface area (Å²) in [6.07, 6.45) is 0. The van der Waals surface area contributed by atoms with Crippen LogP contribution in [0.25, 0.3) is 114 Å². The van der Waals surface area contributed by atoms with Crippen LogP contribution in [0.15, 0.2) is 144 Å². The number of furan rings is 1. The molecule has 4 nitrogen and oxygen atoms in total. The summed E-state index contributed by atoms with van der Waals surface area (Å²) >= 11 is 1.84. The molecule has 0 unspecified atom stereocenters. The van der Waals surface area contributed by atoms with E-state index in [1.165, 1.54) is 47.1 Å². The predicted molar refractivity (Wildman–Crippen MR) is 206 cm³/mol. The van der Waals surface area contributed by atoms with Crippen molar-refractivity contribution in [2.24, 2.45) is 0 Å². The second-order valence-electron chi connectivity index (χ2n) is 12.9. The molecule has 0 spiro atoms. The van der Waals surface area contributed by atoms with Crippen LogP contribution in [0.5, 0.6) is 0 Å². The normalized spacial score (nSPS) is 12.5. The fourth-order valence-electron chi connectivity index (χ4n) is 8.23. The highest BCUT2D eigenvalue weighted by atomic mass is 32.1. The Morgan fingerprint density at radius 3 is 2.08 bits per heavy atom. The van der Waals surface area contributed by atoms with E-state index in [0.29, 0.717) is 5.95 Å². The Hall–Kier alpha value is -6.30. The van der Waals surface area contributed by atoms with Gasteiger partial charge in [-0.2, -0.15) is 0 Å². The van der Waals surface area contributed by atoms with Crippen LogP contribution < -0.4 is 0 Å². The van der Waals surface area contributed by atoms with Gasteiger partial charge in [-0.25, -0.2) is 9.97 Å². The number of hydrogen-bond donors (Lipinski definition) is 0. The lowest BCUT2D eigenvalue weighted by molar-refractivity contribution is 0.671. The van der Waals surface area contributed by atoms with Crippen molar-refractivity contribution in [1.82, 2.24) is 14.5 Å². The standard InChI is InChI=1S/C44H23N3OS/c1-2-11-25(12-3-1)39-38-28-13-5-4-10-24(28)20-21-33(38)45-44(46-39)47-40-36-26(22-31-29-14-6-8-16-34(29)48-42(31)40)18-19-27-23-32-30-15-7-9-17-35(30)49-43(32)41(47)37(27)36/h1-23H. The van der Waals surface area contributed by atoms with Crippen molar-refractivity contribution >= 4 is 108 Å². The van der Waals surface area contributed by atoms with Gasteiger partial charge >= 0.3 is 0 Å². The zero-order valence-corrected chi connectivity index (χ0v) is 26.8. The van der Waals surface area contributed by atoms with Crippen molar-refractivity contribution in [3.05, 3.63) is 140 Å². The van der Waals surface area contributed by atoms with Crippen LogP contribution in [0.1, 0.15) is 0 Å². The fraction of sp³-hybridized carbons (Fsp3) is 0. The average Bonchev–Trinajstić information content (AvgIpc) is 3.84. The molecule has 0 aliphatic carbocycles. The maximum Gasteiger partial charge on any atom is 0.235 e. The summed E-state index contributed by atoms with van der Waals surface area (Å²) < 4.78 is 11.6. The number of aromatic nitrogens is 3. The topological polar surface area (TPSA) is 43.9 Å². The molecule has 0 N–H and O–H groups in total. The van der Waals surface area contributed by atoms with Gasteiger partial charge in [0.2, 0.25) is 5.95 Å². The van der Waals surface area contributed by atoms with Crippen LogP contribution in [0.4, 0.5) is 0 Å². The van der Waals surface area contributed by atoms with Gasteiger partial charge in [-0.3, -0.25) is 4.57 Å². The fourth-order valence-corrected chi connectivity index (χ4v) is 9.45. The first-order chi connectivity index (χ1) is 24.3. The summed E-state index contributed by atoms with van der Waals surface area (Å²) in [6.45, 7) is 0. The van der Waals surface area contributed by atoms with E-state index in [4.69, 9.17) is 14.4 Å². The minimum Gasteiger partial charge on any atom is -0.454 e. The molecule has 4 heterocycles. The smallest absolute Gasteiger partial charge is 0.235 e. The summed E-state index contributed by atoms with van der Waals surface area (Å²) in [7, 11) is 0. The quantitative estimate of drug-likeness (QED) is 0.176. The molecule has 0 radical (unpaired) electrons. The summed E-state index contributed by atoms with van der Waals surface area (Å²) in [5.41, 5.74) is 6.75. The number of para-hydroxylation sites is 1. The first kappa shape index (κ1) is 25.7. The monoisotopic (exact) mass is 641 g/mol. The van der Waals surface area contributed by atoms with Crippen LogP contribution in [0, 0.1) is 0 Å². The van der Waals surface area contributed by atoms with Gasteiger partial charge in [0.15, 0.2) is 5.58 Å². The average molecular weight is 642 g/mol. The highest BCUT2D eigenvalue weighted by Gasteiger charge is 2.27. The Balaban J connectivity index is 1.36. The zero-order valence-electron chi connectivity index (χ0n) is 25.9. The number of hydrogen-bond acceptors (Lipinski definition) is 4. The maximum absolute atomic E-state index is 6.81. The van der Waals surface area contributed by atoms with Crippen molar-refractivity contribution in [1.29, 1.82) is 0 Å².